The van der Waals surface area contributed by atoms with Crippen LogP contribution >= 0.6 is 0 Å². The minimum atomic E-state index is -0.643. The highest BCUT2D eigenvalue weighted by atomic mass is 16.5. The van der Waals surface area contributed by atoms with E-state index in [4.69, 9.17) is 4.74 Å². The van der Waals surface area contributed by atoms with Crippen LogP contribution in [-0.2, 0) is 21.4 Å². The summed E-state index contributed by atoms with van der Waals surface area (Å²) in [5.74, 6) is -1.94. The SMILES string of the molecule is CC(C)C(=O)OCC(=O)NC(=O)c1cccn1C. The lowest BCUT2D eigenvalue weighted by Gasteiger charge is -2.07. The molecule has 1 N–H and O–H groups in total. The molecule has 6 nitrogen and oxygen atoms in total. The van der Waals surface area contributed by atoms with Crippen molar-refractivity contribution in [1.82, 2.24) is 9.88 Å². The zero-order chi connectivity index (χ0) is 13.7. The quantitative estimate of drug-likeness (QED) is 0.791. The summed E-state index contributed by atoms with van der Waals surface area (Å²) in [7, 11) is 1.69. The smallest absolute Gasteiger partial charge is 0.308 e. The largest absolute Gasteiger partial charge is 0.455 e. The van der Waals surface area contributed by atoms with E-state index in [1.54, 1.807) is 43.8 Å². The minimum Gasteiger partial charge on any atom is -0.455 e. The molecule has 0 saturated carbocycles. The molecule has 0 aliphatic rings. The number of ether oxygens (including phenoxy) is 1. The molecule has 0 atom stereocenters. The number of amides is 2. The molecule has 0 bridgehead atoms. The fourth-order valence-electron chi connectivity index (χ4n) is 1.23. The third kappa shape index (κ3) is 3.73. The van der Waals surface area contributed by atoms with Gasteiger partial charge in [0.25, 0.3) is 11.8 Å². The number of hydrogen-bond acceptors (Lipinski definition) is 4. The Morgan fingerprint density at radius 1 is 1.39 bits per heavy atom. The Hall–Kier alpha value is -2.11. The summed E-state index contributed by atoms with van der Waals surface area (Å²) in [6, 6.07) is 3.28. The highest BCUT2D eigenvalue weighted by molar-refractivity contribution is 6.04. The Kier molecular flexibility index (Phi) is 4.65. The lowest BCUT2D eigenvalue weighted by atomic mass is 10.2. The third-order valence-corrected chi connectivity index (χ3v) is 2.25. The number of carbonyl (C=O) groups excluding carboxylic acids is 3. The first-order valence-corrected chi connectivity index (χ1v) is 5.54. The monoisotopic (exact) mass is 252 g/mol. The first kappa shape index (κ1) is 14.0. The molecule has 1 aromatic heterocycles. The number of nitrogens with zero attached hydrogens (tertiary/aromatic N) is 1. The van der Waals surface area contributed by atoms with Crippen LogP contribution in [0, 0.1) is 5.92 Å². The van der Waals surface area contributed by atoms with Gasteiger partial charge in [0.2, 0.25) is 0 Å². The van der Waals surface area contributed by atoms with Crippen molar-refractivity contribution in [2.75, 3.05) is 6.61 Å². The van der Waals surface area contributed by atoms with Gasteiger partial charge in [-0.1, -0.05) is 13.8 Å². The Morgan fingerprint density at radius 2 is 2.06 bits per heavy atom. The van der Waals surface area contributed by atoms with Gasteiger partial charge in [0.05, 0.1) is 5.92 Å². The van der Waals surface area contributed by atoms with Gasteiger partial charge < -0.3 is 9.30 Å². The fraction of sp³-hybridized carbons (Fsp3) is 0.417. The van der Waals surface area contributed by atoms with E-state index in [1.807, 2.05) is 0 Å². The van der Waals surface area contributed by atoms with Crippen LogP contribution in [0.5, 0.6) is 0 Å². The zero-order valence-corrected chi connectivity index (χ0v) is 10.6. The minimum absolute atomic E-state index is 0.304. The molecule has 1 rings (SSSR count). The van der Waals surface area contributed by atoms with Gasteiger partial charge in [0, 0.05) is 13.2 Å². The van der Waals surface area contributed by atoms with Crippen molar-refractivity contribution >= 4 is 17.8 Å². The number of esters is 1. The Morgan fingerprint density at radius 3 is 2.56 bits per heavy atom. The summed E-state index contributed by atoms with van der Waals surface area (Å²) in [4.78, 5) is 34.1. The number of carbonyl (C=O) groups is 3. The number of imide groups is 1. The predicted octanol–water partition coefficient (Wildman–Crippen LogP) is 0.481. The average Bonchev–Trinajstić information content (AvgIpc) is 2.72. The molecule has 0 unspecified atom stereocenters. The normalized spacial score (nSPS) is 10.2. The van der Waals surface area contributed by atoms with Crippen molar-refractivity contribution in [3.8, 4) is 0 Å². The first-order chi connectivity index (χ1) is 8.41. The van der Waals surface area contributed by atoms with Gasteiger partial charge in [-0.05, 0) is 12.1 Å². The second-order valence-corrected chi connectivity index (χ2v) is 4.14. The number of hydrogen-bond donors (Lipinski definition) is 1. The standard InChI is InChI=1S/C12H16N2O4/c1-8(2)12(17)18-7-10(15)13-11(16)9-5-4-6-14(9)3/h4-6,8H,7H2,1-3H3,(H,13,15,16). The van der Waals surface area contributed by atoms with Gasteiger partial charge in [0.1, 0.15) is 5.69 Å². The molecule has 0 saturated heterocycles. The van der Waals surface area contributed by atoms with Gasteiger partial charge >= 0.3 is 5.97 Å². The molecule has 0 spiro atoms. The number of aryl methyl sites for hydroxylation is 1. The highest BCUT2D eigenvalue weighted by Crippen LogP contribution is 1.99. The van der Waals surface area contributed by atoms with Crippen LogP contribution in [0.15, 0.2) is 18.3 Å². The molecule has 98 valence electrons. The second kappa shape index (κ2) is 6.00. The summed E-state index contributed by atoms with van der Waals surface area (Å²) >= 11 is 0. The van der Waals surface area contributed by atoms with Gasteiger partial charge in [-0.15, -0.1) is 0 Å². The van der Waals surface area contributed by atoms with Crippen molar-refractivity contribution in [1.29, 1.82) is 0 Å². The van der Waals surface area contributed by atoms with Crippen LogP contribution in [0.2, 0.25) is 0 Å². The molecule has 18 heavy (non-hydrogen) atoms. The van der Waals surface area contributed by atoms with Crippen molar-refractivity contribution in [3.63, 3.8) is 0 Å². The predicted molar refractivity (Wildman–Crippen MR) is 63.7 cm³/mol. The van der Waals surface area contributed by atoms with Crippen molar-refractivity contribution < 1.29 is 19.1 Å². The van der Waals surface area contributed by atoms with Crippen LogP contribution in [0.4, 0.5) is 0 Å². The lowest BCUT2D eigenvalue weighted by molar-refractivity contribution is -0.151. The summed E-state index contributed by atoms with van der Waals surface area (Å²) < 4.78 is 6.29. The molecule has 0 fully saturated rings. The van der Waals surface area contributed by atoms with Crippen molar-refractivity contribution in [3.05, 3.63) is 24.0 Å². The van der Waals surface area contributed by atoms with E-state index < -0.39 is 24.4 Å². The van der Waals surface area contributed by atoms with Gasteiger partial charge in [-0.25, -0.2) is 0 Å². The number of aromatic nitrogens is 1. The maximum atomic E-state index is 11.6. The summed E-state index contributed by atoms with van der Waals surface area (Å²) in [6.45, 7) is 2.87. The van der Waals surface area contributed by atoms with Crippen molar-refractivity contribution in [2.24, 2.45) is 13.0 Å². The Labute approximate surface area is 105 Å². The molecule has 0 aliphatic carbocycles. The summed E-state index contributed by atoms with van der Waals surface area (Å²) in [5, 5.41) is 2.14. The van der Waals surface area contributed by atoms with Gasteiger partial charge in [0.15, 0.2) is 6.61 Å². The molecule has 1 aromatic rings. The van der Waals surface area contributed by atoms with E-state index >= 15 is 0 Å². The molecule has 0 radical (unpaired) electrons. The molecule has 0 aromatic carbocycles. The van der Waals surface area contributed by atoms with Crippen LogP contribution in [0.25, 0.3) is 0 Å². The second-order valence-electron chi connectivity index (χ2n) is 4.14. The Bertz CT molecular complexity index is 462. The van der Waals surface area contributed by atoms with E-state index in [0.29, 0.717) is 5.69 Å². The number of nitrogens with one attached hydrogen (secondary N) is 1. The van der Waals surface area contributed by atoms with Crippen molar-refractivity contribution in [2.45, 2.75) is 13.8 Å². The van der Waals surface area contributed by atoms with E-state index in [1.165, 1.54) is 0 Å². The van der Waals surface area contributed by atoms with Crippen LogP contribution in [-0.4, -0.2) is 29.0 Å². The molecule has 0 aliphatic heterocycles. The summed E-state index contributed by atoms with van der Waals surface area (Å²) in [6.07, 6.45) is 1.69. The average molecular weight is 252 g/mol. The fourth-order valence-corrected chi connectivity index (χ4v) is 1.23. The van der Waals surface area contributed by atoms with E-state index in [-0.39, 0.29) is 5.92 Å². The van der Waals surface area contributed by atoms with Crippen LogP contribution < -0.4 is 5.32 Å². The van der Waals surface area contributed by atoms with E-state index in [0.717, 1.165) is 0 Å². The van der Waals surface area contributed by atoms with Crippen LogP contribution in [0.1, 0.15) is 24.3 Å². The highest BCUT2D eigenvalue weighted by Gasteiger charge is 2.15. The third-order valence-electron chi connectivity index (χ3n) is 2.25. The molecule has 6 heteroatoms. The van der Waals surface area contributed by atoms with Gasteiger partial charge in [-0.2, -0.15) is 0 Å². The molecule has 2 amide bonds. The van der Waals surface area contributed by atoms with Crippen LogP contribution in [0.3, 0.4) is 0 Å². The Balaban J connectivity index is 2.44. The molecule has 1 heterocycles. The first-order valence-electron chi connectivity index (χ1n) is 5.54. The zero-order valence-electron chi connectivity index (χ0n) is 10.6. The summed E-state index contributed by atoms with van der Waals surface area (Å²) in [5.41, 5.74) is 0.360. The van der Waals surface area contributed by atoms with E-state index in [9.17, 15) is 14.4 Å². The molecular formula is C12H16N2O4. The maximum absolute atomic E-state index is 11.6. The van der Waals surface area contributed by atoms with Gasteiger partial charge in [-0.3, -0.25) is 19.7 Å². The topological polar surface area (TPSA) is 77.4 Å². The number of rotatable bonds is 4. The van der Waals surface area contributed by atoms with E-state index in [2.05, 4.69) is 5.32 Å². The molecular weight excluding hydrogens is 236 g/mol. The lowest BCUT2D eigenvalue weighted by Crippen LogP contribution is -2.35. The maximum Gasteiger partial charge on any atom is 0.308 e.